The number of anilines is 1. The highest BCUT2D eigenvalue weighted by Crippen LogP contribution is 2.19. The van der Waals surface area contributed by atoms with Gasteiger partial charge in [-0.3, -0.25) is 4.79 Å². The fourth-order valence-electron chi connectivity index (χ4n) is 2.12. The predicted octanol–water partition coefficient (Wildman–Crippen LogP) is 3.06. The van der Waals surface area contributed by atoms with Crippen molar-refractivity contribution in [3.8, 4) is 5.75 Å². The van der Waals surface area contributed by atoms with Gasteiger partial charge in [-0.25, -0.2) is 21.9 Å². The number of halogens is 2. The van der Waals surface area contributed by atoms with Gasteiger partial charge in [-0.2, -0.15) is 0 Å². The molecule has 0 aliphatic heterocycles. The van der Waals surface area contributed by atoms with E-state index in [2.05, 4.69) is 10.0 Å². The highest BCUT2D eigenvalue weighted by molar-refractivity contribution is 7.89. The molecule has 0 unspecified atom stereocenters. The summed E-state index contributed by atoms with van der Waals surface area (Å²) in [7, 11) is -3.68. The minimum atomic E-state index is -3.68. The van der Waals surface area contributed by atoms with E-state index in [-0.39, 0.29) is 10.6 Å². The van der Waals surface area contributed by atoms with E-state index in [4.69, 9.17) is 4.74 Å². The summed E-state index contributed by atoms with van der Waals surface area (Å²) in [5, 5.41) is 2.09. The zero-order valence-electron chi connectivity index (χ0n) is 15.0. The van der Waals surface area contributed by atoms with Crippen molar-refractivity contribution in [1.29, 1.82) is 0 Å². The molecule has 2 N–H and O–H groups in total. The van der Waals surface area contributed by atoms with E-state index >= 15 is 0 Å². The smallest absolute Gasteiger partial charge is 0.262 e. The number of hydrogen-bond acceptors (Lipinski definition) is 4. The lowest BCUT2D eigenvalue weighted by Gasteiger charge is -2.20. The number of nitrogens with one attached hydrogen (secondary N) is 2. The zero-order chi connectivity index (χ0) is 20.2. The molecule has 0 aromatic heterocycles. The average molecular weight is 398 g/mol. The van der Waals surface area contributed by atoms with E-state index < -0.39 is 45.4 Å². The number of sulfonamides is 1. The second-order valence-electron chi connectivity index (χ2n) is 6.76. The number of rotatable bonds is 6. The summed E-state index contributed by atoms with van der Waals surface area (Å²) in [5.74, 6) is -2.33. The summed E-state index contributed by atoms with van der Waals surface area (Å²) in [6.07, 6.45) is 0. The van der Waals surface area contributed by atoms with Crippen molar-refractivity contribution in [2.24, 2.45) is 0 Å². The summed E-state index contributed by atoms with van der Waals surface area (Å²) in [4.78, 5) is 11.8. The highest BCUT2D eigenvalue weighted by Gasteiger charge is 2.21. The van der Waals surface area contributed by atoms with Crippen LogP contribution in [-0.2, 0) is 14.8 Å². The molecule has 2 rings (SSSR count). The van der Waals surface area contributed by atoms with Crippen LogP contribution in [0, 0.1) is 11.6 Å². The van der Waals surface area contributed by atoms with Gasteiger partial charge in [0.2, 0.25) is 10.0 Å². The Morgan fingerprint density at radius 1 is 1.04 bits per heavy atom. The van der Waals surface area contributed by atoms with E-state index in [9.17, 15) is 22.0 Å². The van der Waals surface area contributed by atoms with Crippen LogP contribution in [0.15, 0.2) is 47.4 Å². The minimum Gasteiger partial charge on any atom is -0.484 e. The Balaban J connectivity index is 1.98. The normalized spacial score (nSPS) is 11.9. The lowest BCUT2D eigenvalue weighted by atomic mass is 10.1. The number of amides is 1. The van der Waals surface area contributed by atoms with Crippen molar-refractivity contribution in [3.05, 3.63) is 54.1 Å². The predicted molar refractivity (Wildman–Crippen MR) is 97.0 cm³/mol. The highest BCUT2D eigenvalue weighted by atomic mass is 32.2. The zero-order valence-corrected chi connectivity index (χ0v) is 15.9. The molecule has 6 nitrogen and oxygen atoms in total. The van der Waals surface area contributed by atoms with Crippen LogP contribution in [0.1, 0.15) is 20.8 Å². The molecule has 1 amide bonds. The second kappa shape index (κ2) is 8.01. The Labute approximate surface area is 156 Å². The molecule has 0 aliphatic rings. The van der Waals surface area contributed by atoms with Gasteiger partial charge in [-0.1, -0.05) is 6.07 Å². The first kappa shape index (κ1) is 20.8. The third kappa shape index (κ3) is 6.00. The third-order valence-electron chi connectivity index (χ3n) is 3.17. The van der Waals surface area contributed by atoms with Gasteiger partial charge in [0.1, 0.15) is 23.1 Å². The summed E-state index contributed by atoms with van der Waals surface area (Å²) >= 11 is 0. The van der Waals surface area contributed by atoms with Crippen molar-refractivity contribution in [2.45, 2.75) is 31.2 Å². The molecule has 27 heavy (non-hydrogen) atoms. The minimum absolute atomic E-state index is 0.0441. The Hall–Kier alpha value is -2.52. The van der Waals surface area contributed by atoms with Gasteiger partial charge < -0.3 is 10.1 Å². The van der Waals surface area contributed by atoms with Gasteiger partial charge in [-0.05, 0) is 57.2 Å². The maximum absolute atomic E-state index is 13.5. The van der Waals surface area contributed by atoms with Crippen LogP contribution in [0.4, 0.5) is 14.5 Å². The molecular formula is C18H20F2N2O4S. The molecule has 0 atom stereocenters. The van der Waals surface area contributed by atoms with E-state index in [1.54, 1.807) is 20.8 Å². The quantitative estimate of drug-likeness (QED) is 0.783. The average Bonchev–Trinajstić information content (AvgIpc) is 2.55. The van der Waals surface area contributed by atoms with Crippen LogP contribution in [-0.4, -0.2) is 26.5 Å². The summed E-state index contributed by atoms with van der Waals surface area (Å²) in [5.41, 5.74) is -1.19. The molecule has 0 heterocycles. The third-order valence-corrected chi connectivity index (χ3v) is 4.95. The molecule has 0 spiro atoms. The number of benzene rings is 2. The fourth-order valence-corrected chi connectivity index (χ4v) is 3.54. The molecular weight excluding hydrogens is 378 g/mol. The first-order valence-corrected chi connectivity index (χ1v) is 9.47. The standard InChI is InChI=1S/C18H20F2N2O4S/c1-18(2,3)22-27(24,25)13-9-7-12(8-10-13)26-11-16(23)21-17-14(19)5-4-6-15(17)20/h4-10,22H,11H2,1-3H3,(H,21,23). The van der Waals surface area contributed by atoms with Crippen LogP contribution < -0.4 is 14.8 Å². The first-order chi connectivity index (χ1) is 12.5. The molecule has 0 fully saturated rings. The second-order valence-corrected chi connectivity index (χ2v) is 8.44. The van der Waals surface area contributed by atoms with Crippen LogP contribution in [0.2, 0.25) is 0 Å². The fraction of sp³-hybridized carbons (Fsp3) is 0.278. The van der Waals surface area contributed by atoms with Gasteiger partial charge in [0, 0.05) is 5.54 Å². The SMILES string of the molecule is CC(C)(C)NS(=O)(=O)c1ccc(OCC(=O)Nc2c(F)cccc2F)cc1. The number of ether oxygens (including phenoxy) is 1. The monoisotopic (exact) mass is 398 g/mol. The molecule has 146 valence electrons. The van der Waals surface area contributed by atoms with Gasteiger partial charge in [0.05, 0.1) is 4.90 Å². The van der Waals surface area contributed by atoms with Crippen LogP contribution >= 0.6 is 0 Å². The largest absolute Gasteiger partial charge is 0.484 e. The molecule has 0 aliphatic carbocycles. The number of hydrogen-bond donors (Lipinski definition) is 2. The molecule has 0 bridgehead atoms. The molecule has 9 heteroatoms. The lowest BCUT2D eigenvalue weighted by Crippen LogP contribution is -2.40. The first-order valence-electron chi connectivity index (χ1n) is 7.99. The summed E-state index contributed by atoms with van der Waals surface area (Å²) in [6.45, 7) is 4.66. The van der Waals surface area contributed by atoms with E-state index in [0.717, 1.165) is 12.1 Å². The Morgan fingerprint density at radius 3 is 2.11 bits per heavy atom. The summed E-state index contributed by atoms with van der Waals surface area (Å²) in [6, 6.07) is 8.65. The maximum Gasteiger partial charge on any atom is 0.262 e. The van der Waals surface area contributed by atoms with Gasteiger partial charge >= 0.3 is 0 Å². The van der Waals surface area contributed by atoms with Gasteiger partial charge in [-0.15, -0.1) is 0 Å². The number of carbonyl (C=O) groups is 1. The van der Waals surface area contributed by atoms with Crippen LogP contribution in [0.3, 0.4) is 0 Å². The van der Waals surface area contributed by atoms with E-state index in [1.165, 1.54) is 30.3 Å². The lowest BCUT2D eigenvalue weighted by molar-refractivity contribution is -0.118. The van der Waals surface area contributed by atoms with Crippen LogP contribution in [0.25, 0.3) is 0 Å². The maximum atomic E-state index is 13.5. The molecule has 2 aromatic rings. The van der Waals surface area contributed by atoms with Crippen molar-refractivity contribution < 1.29 is 26.7 Å². The number of carbonyl (C=O) groups excluding carboxylic acids is 1. The van der Waals surface area contributed by atoms with Crippen LogP contribution in [0.5, 0.6) is 5.75 Å². The van der Waals surface area contributed by atoms with Crippen molar-refractivity contribution in [2.75, 3.05) is 11.9 Å². The van der Waals surface area contributed by atoms with Gasteiger partial charge in [0.15, 0.2) is 6.61 Å². The Kier molecular flexibility index (Phi) is 6.17. The van der Waals surface area contributed by atoms with Gasteiger partial charge in [0.25, 0.3) is 5.91 Å². The molecule has 0 saturated carbocycles. The van der Waals surface area contributed by atoms with E-state index in [1.807, 2.05) is 0 Å². The van der Waals surface area contributed by atoms with Crippen molar-refractivity contribution in [3.63, 3.8) is 0 Å². The Morgan fingerprint density at radius 2 is 1.59 bits per heavy atom. The Bertz CT molecular complexity index is 903. The summed E-state index contributed by atoms with van der Waals surface area (Å²) < 4.78 is 59.1. The number of para-hydroxylation sites is 1. The molecule has 2 aromatic carbocycles. The van der Waals surface area contributed by atoms with Crippen molar-refractivity contribution in [1.82, 2.24) is 4.72 Å². The molecule has 0 saturated heterocycles. The topological polar surface area (TPSA) is 84.5 Å². The molecule has 0 radical (unpaired) electrons. The van der Waals surface area contributed by atoms with E-state index in [0.29, 0.717) is 0 Å². The van der Waals surface area contributed by atoms with Crippen molar-refractivity contribution >= 4 is 21.6 Å².